The summed E-state index contributed by atoms with van der Waals surface area (Å²) in [5, 5.41) is 2.85. The van der Waals surface area contributed by atoms with Crippen molar-refractivity contribution in [2.24, 2.45) is 0 Å². The summed E-state index contributed by atoms with van der Waals surface area (Å²) in [7, 11) is 1.57. The fourth-order valence-electron chi connectivity index (χ4n) is 2.22. The third kappa shape index (κ3) is 2.50. The lowest BCUT2D eigenvalue weighted by Crippen LogP contribution is -2.13. The van der Waals surface area contributed by atoms with E-state index < -0.39 is 0 Å². The van der Waals surface area contributed by atoms with E-state index >= 15 is 0 Å². The summed E-state index contributed by atoms with van der Waals surface area (Å²) in [6, 6.07) is 10.8. The van der Waals surface area contributed by atoms with Gasteiger partial charge in [-0.1, -0.05) is 12.1 Å². The summed E-state index contributed by atoms with van der Waals surface area (Å²) in [5.41, 5.74) is 2.09. The standard InChI is InChI=1S/C16H15NO4/c1-10-6-7-13(19-2)12(8-10)17-16(18)11-4-3-5-14-15(11)21-9-20-14/h3-8H,9H2,1-2H3,(H,17,18). The maximum absolute atomic E-state index is 12.5. The summed E-state index contributed by atoms with van der Waals surface area (Å²) in [6.07, 6.45) is 0. The maximum atomic E-state index is 12.5. The van der Waals surface area contributed by atoms with E-state index in [0.717, 1.165) is 5.56 Å². The number of hydrogen-bond acceptors (Lipinski definition) is 4. The third-order valence-electron chi connectivity index (χ3n) is 3.24. The summed E-state index contributed by atoms with van der Waals surface area (Å²) in [4.78, 5) is 12.5. The number of aryl methyl sites for hydroxylation is 1. The number of anilines is 1. The minimum Gasteiger partial charge on any atom is -0.495 e. The first-order valence-corrected chi connectivity index (χ1v) is 6.53. The average Bonchev–Trinajstić information content (AvgIpc) is 2.95. The Morgan fingerprint density at radius 1 is 1.24 bits per heavy atom. The zero-order valence-electron chi connectivity index (χ0n) is 11.8. The van der Waals surface area contributed by atoms with Crippen LogP contribution in [0.2, 0.25) is 0 Å². The fourth-order valence-corrected chi connectivity index (χ4v) is 2.22. The zero-order valence-corrected chi connectivity index (χ0v) is 11.8. The van der Waals surface area contributed by atoms with Crippen LogP contribution in [-0.2, 0) is 0 Å². The lowest BCUT2D eigenvalue weighted by molar-refractivity contribution is 0.102. The molecule has 0 aromatic heterocycles. The van der Waals surface area contributed by atoms with Gasteiger partial charge in [0.25, 0.3) is 5.91 Å². The quantitative estimate of drug-likeness (QED) is 0.942. The number of benzene rings is 2. The van der Waals surface area contributed by atoms with Gasteiger partial charge in [0.2, 0.25) is 6.79 Å². The molecule has 1 aliphatic heterocycles. The Hall–Kier alpha value is -2.69. The monoisotopic (exact) mass is 285 g/mol. The largest absolute Gasteiger partial charge is 0.495 e. The molecule has 0 saturated heterocycles. The molecule has 0 saturated carbocycles. The molecule has 0 radical (unpaired) electrons. The number of amides is 1. The number of para-hydroxylation sites is 1. The molecule has 5 heteroatoms. The molecule has 1 amide bonds. The van der Waals surface area contributed by atoms with E-state index in [1.807, 2.05) is 25.1 Å². The van der Waals surface area contributed by atoms with E-state index in [9.17, 15) is 4.79 Å². The second kappa shape index (κ2) is 5.36. The topological polar surface area (TPSA) is 56.8 Å². The lowest BCUT2D eigenvalue weighted by Gasteiger charge is -2.12. The summed E-state index contributed by atoms with van der Waals surface area (Å²) in [6.45, 7) is 2.08. The molecule has 0 bridgehead atoms. The van der Waals surface area contributed by atoms with Crippen molar-refractivity contribution in [1.82, 2.24) is 0 Å². The van der Waals surface area contributed by atoms with Gasteiger partial charge in [-0.3, -0.25) is 4.79 Å². The van der Waals surface area contributed by atoms with Gasteiger partial charge in [-0.2, -0.15) is 0 Å². The Bertz CT molecular complexity index is 697. The number of carbonyl (C=O) groups excluding carboxylic acids is 1. The van der Waals surface area contributed by atoms with Crippen LogP contribution in [-0.4, -0.2) is 19.8 Å². The Labute approximate surface area is 122 Å². The molecule has 1 heterocycles. The van der Waals surface area contributed by atoms with Gasteiger partial charge < -0.3 is 19.5 Å². The van der Waals surface area contributed by atoms with Crippen molar-refractivity contribution >= 4 is 11.6 Å². The predicted octanol–water partition coefficient (Wildman–Crippen LogP) is 2.98. The summed E-state index contributed by atoms with van der Waals surface area (Å²) >= 11 is 0. The van der Waals surface area contributed by atoms with Crippen LogP contribution in [0.5, 0.6) is 17.2 Å². The highest BCUT2D eigenvalue weighted by molar-refractivity contribution is 6.07. The number of fused-ring (bicyclic) bond motifs is 1. The van der Waals surface area contributed by atoms with E-state index in [-0.39, 0.29) is 12.7 Å². The van der Waals surface area contributed by atoms with Crippen LogP contribution in [0.1, 0.15) is 15.9 Å². The molecule has 3 rings (SSSR count). The van der Waals surface area contributed by atoms with Crippen molar-refractivity contribution in [2.45, 2.75) is 6.92 Å². The van der Waals surface area contributed by atoms with Crippen molar-refractivity contribution in [3.63, 3.8) is 0 Å². The Kier molecular flexibility index (Phi) is 3.39. The van der Waals surface area contributed by atoms with E-state index in [4.69, 9.17) is 14.2 Å². The Morgan fingerprint density at radius 2 is 2.10 bits per heavy atom. The first-order valence-electron chi connectivity index (χ1n) is 6.53. The van der Waals surface area contributed by atoms with Gasteiger partial charge in [-0.05, 0) is 36.8 Å². The number of nitrogens with one attached hydrogen (secondary N) is 1. The first-order chi connectivity index (χ1) is 10.2. The van der Waals surface area contributed by atoms with Crippen LogP contribution < -0.4 is 19.5 Å². The number of hydrogen-bond donors (Lipinski definition) is 1. The molecule has 1 N–H and O–H groups in total. The SMILES string of the molecule is COc1ccc(C)cc1NC(=O)c1cccc2c1OCO2. The zero-order chi connectivity index (χ0) is 14.8. The molecule has 2 aromatic carbocycles. The van der Waals surface area contributed by atoms with Crippen LogP contribution in [0.4, 0.5) is 5.69 Å². The third-order valence-corrected chi connectivity index (χ3v) is 3.24. The van der Waals surface area contributed by atoms with Gasteiger partial charge in [0.15, 0.2) is 11.5 Å². The van der Waals surface area contributed by atoms with Crippen molar-refractivity contribution in [3.8, 4) is 17.2 Å². The first kappa shape index (κ1) is 13.3. The number of rotatable bonds is 3. The molecule has 0 spiro atoms. The predicted molar refractivity (Wildman–Crippen MR) is 78.2 cm³/mol. The van der Waals surface area contributed by atoms with Crippen molar-refractivity contribution in [1.29, 1.82) is 0 Å². The van der Waals surface area contributed by atoms with Crippen molar-refractivity contribution < 1.29 is 19.0 Å². The minimum atomic E-state index is -0.263. The molecule has 0 atom stereocenters. The van der Waals surface area contributed by atoms with Crippen LogP contribution in [0.3, 0.4) is 0 Å². The van der Waals surface area contributed by atoms with Crippen LogP contribution >= 0.6 is 0 Å². The van der Waals surface area contributed by atoms with Gasteiger partial charge in [-0.15, -0.1) is 0 Å². The summed E-state index contributed by atoms with van der Waals surface area (Å²) in [5.74, 6) is 1.40. The second-order valence-electron chi connectivity index (χ2n) is 4.70. The van der Waals surface area contributed by atoms with Gasteiger partial charge >= 0.3 is 0 Å². The van der Waals surface area contributed by atoms with Crippen LogP contribution in [0, 0.1) is 6.92 Å². The molecule has 5 nitrogen and oxygen atoms in total. The summed E-state index contributed by atoms with van der Waals surface area (Å²) < 4.78 is 15.9. The van der Waals surface area contributed by atoms with E-state index in [0.29, 0.717) is 28.5 Å². The van der Waals surface area contributed by atoms with Crippen molar-refractivity contribution in [2.75, 3.05) is 19.2 Å². The molecule has 21 heavy (non-hydrogen) atoms. The molecule has 108 valence electrons. The second-order valence-corrected chi connectivity index (χ2v) is 4.70. The fraction of sp³-hybridized carbons (Fsp3) is 0.188. The maximum Gasteiger partial charge on any atom is 0.259 e. The van der Waals surface area contributed by atoms with Gasteiger partial charge in [0, 0.05) is 0 Å². The number of ether oxygens (including phenoxy) is 3. The molecule has 2 aromatic rings. The van der Waals surface area contributed by atoms with Gasteiger partial charge in [0.1, 0.15) is 5.75 Å². The molecular weight excluding hydrogens is 270 g/mol. The molecule has 0 fully saturated rings. The average molecular weight is 285 g/mol. The number of methoxy groups -OCH3 is 1. The van der Waals surface area contributed by atoms with E-state index in [1.165, 1.54) is 0 Å². The minimum absolute atomic E-state index is 0.132. The molecule has 0 unspecified atom stereocenters. The number of carbonyl (C=O) groups is 1. The normalized spacial score (nSPS) is 12.1. The highest BCUT2D eigenvalue weighted by Crippen LogP contribution is 2.36. The van der Waals surface area contributed by atoms with Crippen LogP contribution in [0.25, 0.3) is 0 Å². The van der Waals surface area contributed by atoms with E-state index in [2.05, 4.69) is 5.32 Å². The highest BCUT2D eigenvalue weighted by atomic mass is 16.7. The van der Waals surface area contributed by atoms with E-state index in [1.54, 1.807) is 25.3 Å². The van der Waals surface area contributed by atoms with Crippen LogP contribution in [0.15, 0.2) is 36.4 Å². The smallest absolute Gasteiger partial charge is 0.259 e. The Balaban J connectivity index is 1.91. The van der Waals surface area contributed by atoms with Crippen molar-refractivity contribution in [3.05, 3.63) is 47.5 Å². The molecule has 0 aliphatic carbocycles. The van der Waals surface area contributed by atoms with Gasteiger partial charge in [-0.25, -0.2) is 0 Å². The molecule has 1 aliphatic rings. The molecular formula is C16H15NO4. The van der Waals surface area contributed by atoms with Gasteiger partial charge in [0.05, 0.1) is 18.4 Å². The lowest BCUT2D eigenvalue weighted by atomic mass is 10.1. The Morgan fingerprint density at radius 3 is 2.90 bits per heavy atom. The highest BCUT2D eigenvalue weighted by Gasteiger charge is 2.22.